The first-order valence-electron chi connectivity index (χ1n) is 13.8. The molecule has 0 bridgehead atoms. The number of aromatic nitrogens is 2. The third-order valence-electron chi connectivity index (χ3n) is 7.19. The maximum Gasteiger partial charge on any atom is 0.337 e. The molecule has 226 valence electrons. The number of benzene rings is 4. The molecule has 0 radical (unpaired) electrons. The average molecular weight is 649 g/mol. The number of carbonyl (C=O) groups is 1. The molecule has 44 heavy (non-hydrogen) atoms. The second kappa shape index (κ2) is 12.1. The summed E-state index contributed by atoms with van der Waals surface area (Å²) in [5.41, 5.74) is 6.11. The summed E-state index contributed by atoms with van der Waals surface area (Å²) in [6.07, 6.45) is 3.19. The van der Waals surface area contributed by atoms with E-state index in [1.54, 1.807) is 35.0 Å². The largest absolute Gasteiger partial charge is 0.478 e. The van der Waals surface area contributed by atoms with E-state index in [0.717, 1.165) is 22.9 Å². The van der Waals surface area contributed by atoms with E-state index < -0.39 is 16.0 Å². The summed E-state index contributed by atoms with van der Waals surface area (Å²) in [7, 11) is -3.74. The van der Waals surface area contributed by atoms with Crippen LogP contribution in [0.3, 0.4) is 0 Å². The smallest absolute Gasteiger partial charge is 0.337 e. The number of aromatic carboxylic acids is 1. The summed E-state index contributed by atoms with van der Waals surface area (Å²) in [4.78, 5) is 16.7. The van der Waals surface area contributed by atoms with Crippen molar-refractivity contribution >= 4 is 44.9 Å². The lowest BCUT2D eigenvalue weighted by atomic mass is 9.86. The van der Waals surface area contributed by atoms with E-state index in [1.807, 2.05) is 12.1 Å². The first-order valence-corrected chi connectivity index (χ1v) is 16.4. The molecule has 4 aromatic carbocycles. The van der Waals surface area contributed by atoms with Crippen LogP contribution >= 0.6 is 23.2 Å². The monoisotopic (exact) mass is 647 g/mol. The molecule has 0 amide bonds. The van der Waals surface area contributed by atoms with Crippen molar-refractivity contribution in [3.63, 3.8) is 0 Å². The van der Waals surface area contributed by atoms with Gasteiger partial charge in [0.15, 0.2) is 0 Å². The Balaban J connectivity index is 1.54. The molecule has 0 spiro atoms. The van der Waals surface area contributed by atoms with Crippen LogP contribution in [0, 0.1) is 0 Å². The quantitative estimate of drug-likeness (QED) is 0.176. The lowest BCUT2D eigenvalue weighted by Gasteiger charge is -2.19. The van der Waals surface area contributed by atoms with Crippen molar-refractivity contribution < 1.29 is 18.3 Å². The van der Waals surface area contributed by atoms with Crippen LogP contribution in [0.15, 0.2) is 91.1 Å². The number of carboxylic acid groups (broad SMARTS) is 1. The van der Waals surface area contributed by atoms with Crippen LogP contribution in [-0.2, 0) is 21.9 Å². The molecule has 0 fully saturated rings. The lowest BCUT2D eigenvalue weighted by Crippen LogP contribution is -2.14. The number of nitrogens with zero attached hydrogens (tertiary/aromatic N) is 2. The van der Waals surface area contributed by atoms with Gasteiger partial charge >= 0.3 is 5.97 Å². The summed E-state index contributed by atoms with van der Waals surface area (Å²) >= 11 is 12.6. The van der Waals surface area contributed by atoms with Crippen LogP contribution in [0.1, 0.15) is 48.1 Å². The van der Waals surface area contributed by atoms with E-state index in [0.29, 0.717) is 39.2 Å². The number of hydrogen-bond donors (Lipinski definition) is 2. The van der Waals surface area contributed by atoms with Gasteiger partial charge in [-0.1, -0.05) is 92.5 Å². The molecule has 1 aromatic heterocycles. The molecule has 0 saturated carbocycles. The summed E-state index contributed by atoms with van der Waals surface area (Å²) in [5, 5.41) is 10.6. The highest BCUT2D eigenvalue weighted by molar-refractivity contribution is 7.92. The molecule has 7 nitrogen and oxygen atoms in total. The number of hydrogen-bond acceptors (Lipinski definition) is 4. The van der Waals surface area contributed by atoms with Crippen molar-refractivity contribution in [3.05, 3.63) is 124 Å². The molecule has 0 aliphatic rings. The minimum Gasteiger partial charge on any atom is -0.478 e. The number of nitrogens with one attached hydrogen (secondary N) is 1. The Labute approximate surface area is 267 Å². The van der Waals surface area contributed by atoms with Gasteiger partial charge in [0.05, 0.1) is 28.2 Å². The Hall–Kier alpha value is -4.11. The third-order valence-corrected chi connectivity index (χ3v) is 8.33. The summed E-state index contributed by atoms with van der Waals surface area (Å²) < 4.78 is 28.2. The van der Waals surface area contributed by atoms with Gasteiger partial charge in [0.25, 0.3) is 0 Å². The molecule has 0 saturated heterocycles. The lowest BCUT2D eigenvalue weighted by molar-refractivity contribution is 0.0698. The van der Waals surface area contributed by atoms with Gasteiger partial charge in [-0.15, -0.1) is 0 Å². The number of halogens is 2. The molecule has 0 atom stereocenters. The van der Waals surface area contributed by atoms with Crippen molar-refractivity contribution in [2.45, 2.75) is 32.6 Å². The van der Waals surface area contributed by atoms with E-state index in [9.17, 15) is 18.3 Å². The van der Waals surface area contributed by atoms with E-state index in [-0.39, 0.29) is 16.7 Å². The number of anilines is 1. The first-order chi connectivity index (χ1) is 20.7. The molecule has 2 N–H and O–H groups in total. The third kappa shape index (κ3) is 7.16. The predicted molar refractivity (Wildman–Crippen MR) is 178 cm³/mol. The Morgan fingerprint density at radius 2 is 1.55 bits per heavy atom. The molecule has 0 aliphatic heterocycles. The zero-order valence-electron chi connectivity index (χ0n) is 24.6. The maximum atomic E-state index is 12.0. The predicted octanol–water partition coefficient (Wildman–Crippen LogP) is 8.47. The number of rotatable bonds is 8. The van der Waals surface area contributed by atoms with Crippen molar-refractivity contribution in [2.24, 2.45) is 0 Å². The summed E-state index contributed by atoms with van der Waals surface area (Å²) in [6.45, 7) is 6.57. The molecule has 5 aromatic rings. The van der Waals surface area contributed by atoms with Crippen molar-refractivity contribution in [3.8, 4) is 28.1 Å². The molecule has 1 heterocycles. The Morgan fingerprint density at radius 1 is 0.909 bits per heavy atom. The molecule has 5 rings (SSSR count). The van der Waals surface area contributed by atoms with Gasteiger partial charge in [-0.25, -0.2) is 18.2 Å². The summed E-state index contributed by atoms with van der Waals surface area (Å²) in [6, 6.07) is 26.4. The zero-order valence-corrected chi connectivity index (χ0v) is 26.9. The Bertz CT molecular complexity index is 1960. The van der Waals surface area contributed by atoms with Gasteiger partial charge < -0.3 is 9.67 Å². The van der Waals surface area contributed by atoms with E-state index in [1.165, 1.54) is 17.7 Å². The topological polar surface area (TPSA) is 101 Å². The van der Waals surface area contributed by atoms with Gasteiger partial charge in [-0.3, -0.25) is 4.72 Å². The Kier molecular flexibility index (Phi) is 8.62. The fraction of sp³-hybridized carbons (Fsp3) is 0.176. The molecule has 10 heteroatoms. The number of imidazole rings is 1. The van der Waals surface area contributed by atoms with Gasteiger partial charge in [0.2, 0.25) is 10.0 Å². The van der Waals surface area contributed by atoms with E-state index in [2.05, 4.69) is 61.9 Å². The van der Waals surface area contributed by atoms with Crippen LogP contribution < -0.4 is 4.72 Å². The van der Waals surface area contributed by atoms with Crippen molar-refractivity contribution in [1.82, 2.24) is 9.55 Å². The van der Waals surface area contributed by atoms with Crippen LogP contribution in [0.5, 0.6) is 0 Å². The number of carboxylic acids is 1. The van der Waals surface area contributed by atoms with Gasteiger partial charge in [0.1, 0.15) is 5.82 Å². The number of sulfonamides is 1. The van der Waals surface area contributed by atoms with E-state index >= 15 is 0 Å². The van der Waals surface area contributed by atoms with Crippen LogP contribution in [-0.4, -0.2) is 35.3 Å². The average Bonchev–Trinajstić information content (AvgIpc) is 3.35. The molecule has 0 aliphatic carbocycles. The van der Waals surface area contributed by atoms with E-state index in [4.69, 9.17) is 28.2 Å². The minimum absolute atomic E-state index is 0.0509. The normalized spacial score (nSPS) is 11.9. The molecule has 0 unspecified atom stereocenters. The highest BCUT2D eigenvalue weighted by Crippen LogP contribution is 2.33. The second-order valence-corrected chi connectivity index (χ2v) is 14.2. The fourth-order valence-electron chi connectivity index (χ4n) is 4.91. The highest BCUT2D eigenvalue weighted by atomic mass is 35.5. The Morgan fingerprint density at radius 3 is 2.11 bits per heavy atom. The van der Waals surface area contributed by atoms with Gasteiger partial charge in [-0.2, -0.15) is 0 Å². The SMILES string of the molecule is CC(C)(C)c1ccc(-c2ccc(Cc3nc(-c4ccc(Cl)cc4Cl)cn3-c3ccc(C(=O)O)c(NS(C)(=O)=O)c3)cc2)cc1. The van der Waals surface area contributed by atoms with Gasteiger partial charge in [-0.05, 0) is 64.1 Å². The van der Waals surface area contributed by atoms with Crippen LogP contribution in [0.25, 0.3) is 28.1 Å². The second-order valence-electron chi connectivity index (χ2n) is 11.6. The molecular formula is C34H31Cl2N3O4S. The van der Waals surface area contributed by atoms with Crippen LogP contribution in [0.4, 0.5) is 5.69 Å². The highest BCUT2D eigenvalue weighted by Gasteiger charge is 2.19. The van der Waals surface area contributed by atoms with Gasteiger partial charge in [0, 0.05) is 28.9 Å². The van der Waals surface area contributed by atoms with Crippen molar-refractivity contribution in [2.75, 3.05) is 11.0 Å². The van der Waals surface area contributed by atoms with Crippen molar-refractivity contribution in [1.29, 1.82) is 0 Å². The maximum absolute atomic E-state index is 12.0. The minimum atomic E-state index is -3.74. The first kappa shape index (κ1) is 31.3. The standard InChI is InChI=1S/C34H31Cl2N3O4S/c1-34(2,3)24-11-9-23(10-12-24)22-7-5-21(6-8-22)17-32-37-31(27-15-13-25(35)18-29(27)36)20-39(32)26-14-16-28(33(40)41)30(19-26)38-44(4,42)43/h5-16,18-20,38H,17H2,1-4H3,(H,40,41). The molecular weight excluding hydrogens is 617 g/mol. The zero-order chi connectivity index (χ0) is 31.8. The summed E-state index contributed by atoms with van der Waals surface area (Å²) in [5.74, 6) is -0.614. The van der Waals surface area contributed by atoms with Crippen LogP contribution in [0.2, 0.25) is 10.0 Å². The fourth-order valence-corrected chi connectivity index (χ4v) is 5.98.